The quantitative estimate of drug-likeness (QED) is 0.652. The van der Waals surface area contributed by atoms with Crippen molar-refractivity contribution < 1.29 is 25.8 Å². The van der Waals surface area contributed by atoms with Crippen LogP contribution in [0.25, 0.3) is 0 Å². The van der Waals surface area contributed by atoms with Crippen LogP contribution in [0.1, 0.15) is 31.9 Å². The average Bonchev–Trinajstić information content (AvgIpc) is 2.55. The van der Waals surface area contributed by atoms with Crippen molar-refractivity contribution in [2.24, 2.45) is 0 Å². The van der Waals surface area contributed by atoms with Gasteiger partial charge in [0, 0.05) is 30.5 Å². The molecule has 0 radical (unpaired) electrons. The molecule has 0 unspecified atom stereocenters. The van der Waals surface area contributed by atoms with Crippen LogP contribution < -0.4 is 4.74 Å². The SMILES string of the molecule is CCOS(=O)(=O)OS(CC)(CC)c1cc(C)c(OC(=O)N(C)C)cc1C. The maximum absolute atomic E-state index is 12.1. The molecule has 9 heteroatoms. The van der Waals surface area contributed by atoms with Crippen LogP contribution in [0.5, 0.6) is 5.75 Å². The van der Waals surface area contributed by atoms with E-state index in [2.05, 4.69) is 0 Å². The van der Waals surface area contributed by atoms with Crippen molar-refractivity contribution in [1.29, 1.82) is 0 Å². The topological polar surface area (TPSA) is 82.1 Å². The Hall–Kier alpha value is -1.29. The van der Waals surface area contributed by atoms with Gasteiger partial charge in [-0.25, -0.2) is 8.98 Å². The van der Waals surface area contributed by atoms with Crippen molar-refractivity contribution in [2.75, 3.05) is 32.2 Å². The van der Waals surface area contributed by atoms with E-state index in [4.69, 9.17) is 12.5 Å². The first kappa shape index (κ1) is 22.8. The molecule has 0 saturated carbocycles. The highest BCUT2D eigenvalue weighted by molar-refractivity contribution is 8.32. The molecule has 26 heavy (non-hydrogen) atoms. The number of nitrogens with zero attached hydrogens (tertiary/aromatic N) is 1. The molecule has 1 aromatic carbocycles. The van der Waals surface area contributed by atoms with Gasteiger partial charge in [0.05, 0.1) is 6.61 Å². The van der Waals surface area contributed by atoms with Gasteiger partial charge in [-0.3, -0.25) is 0 Å². The van der Waals surface area contributed by atoms with Crippen LogP contribution in [-0.2, 0) is 18.2 Å². The summed E-state index contributed by atoms with van der Waals surface area (Å²) in [4.78, 5) is 14.0. The maximum Gasteiger partial charge on any atom is 0.414 e. The summed E-state index contributed by atoms with van der Waals surface area (Å²) in [6.07, 6.45) is -0.472. The standard InChI is InChI=1S/C17H29NO6S2/c1-8-22-26(20,21)24-25(9-2,10-3)16-12-13(4)15(11-14(16)5)23-17(19)18(6)7/h11-12H,8-10H2,1-7H3. The van der Waals surface area contributed by atoms with Crippen LogP contribution in [0, 0.1) is 13.8 Å². The summed E-state index contributed by atoms with van der Waals surface area (Å²) in [7, 11) is -2.98. The van der Waals surface area contributed by atoms with E-state index in [1.54, 1.807) is 27.1 Å². The molecule has 0 saturated heterocycles. The Kier molecular flexibility index (Phi) is 7.94. The summed E-state index contributed by atoms with van der Waals surface area (Å²) < 4.78 is 40.0. The summed E-state index contributed by atoms with van der Waals surface area (Å²) in [5, 5.41) is 0. The van der Waals surface area contributed by atoms with Crippen molar-refractivity contribution >= 4 is 26.8 Å². The summed E-state index contributed by atoms with van der Waals surface area (Å²) >= 11 is 0. The molecule has 1 rings (SSSR count). The number of carbonyl (C=O) groups is 1. The zero-order chi connectivity index (χ0) is 20.1. The van der Waals surface area contributed by atoms with Gasteiger partial charge in [-0.05, 0) is 44.0 Å². The fourth-order valence-electron chi connectivity index (χ4n) is 2.43. The van der Waals surface area contributed by atoms with Gasteiger partial charge in [0.1, 0.15) is 5.75 Å². The summed E-state index contributed by atoms with van der Waals surface area (Å²) in [6.45, 7) is 9.07. The van der Waals surface area contributed by atoms with E-state index in [0.717, 1.165) is 16.0 Å². The predicted octanol–water partition coefficient (Wildman–Crippen LogP) is 3.78. The zero-order valence-corrected chi connectivity index (χ0v) is 18.1. The van der Waals surface area contributed by atoms with Crippen LogP contribution >= 0.6 is 10.3 Å². The predicted molar refractivity (Wildman–Crippen MR) is 104 cm³/mol. The number of carbonyl (C=O) groups excluding carboxylic acids is 1. The second-order valence-electron chi connectivity index (χ2n) is 5.92. The maximum atomic E-state index is 12.1. The molecule has 0 aliphatic rings. The third-order valence-electron chi connectivity index (χ3n) is 3.84. The lowest BCUT2D eigenvalue weighted by atomic mass is 10.1. The number of benzene rings is 1. The molecule has 0 fully saturated rings. The first-order chi connectivity index (χ1) is 12.0. The van der Waals surface area contributed by atoms with E-state index in [1.807, 2.05) is 33.8 Å². The van der Waals surface area contributed by atoms with Crippen molar-refractivity contribution in [3.05, 3.63) is 23.3 Å². The van der Waals surface area contributed by atoms with Crippen LogP contribution in [0.2, 0.25) is 0 Å². The zero-order valence-electron chi connectivity index (χ0n) is 16.5. The summed E-state index contributed by atoms with van der Waals surface area (Å²) in [6, 6.07) is 3.59. The monoisotopic (exact) mass is 407 g/mol. The first-order valence-corrected chi connectivity index (χ1v) is 11.6. The van der Waals surface area contributed by atoms with E-state index in [-0.39, 0.29) is 6.61 Å². The van der Waals surface area contributed by atoms with E-state index < -0.39 is 26.8 Å². The first-order valence-electron chi connectivity index (χ1n) is 8.41. The van der Waals surface area contributed by atoms with Gasteiger partial charge in [0.15, 0.2) is 0 Å². The van der Waals surface area contributed by atoms with Gasteiger partial charge in [-0.2, -0.15) is 12.0 Å². The van der Waals surface area contributed by atoms with Crippen LogP contribution in [0.4, 0.5) is 4.79 Å². The Labute approximate surface area is 158 Å². The molecule has 150 valence electrons. The number of amides is 1. The molecular formula is C17H29NO6S2. The van der Waals surface area contributed by atoms with Gasteiger partial charge in [-0.1, -0.05) is 24.2 Å². The van der Waals surface area contributed by atoms with Gasteiger partial charge in [0.2, 0.25) is 0 Å². The normalized spacial score (nSPS) is 12.7. The Balaban J connectivity index is 3.37. The summed E-state index contributed by atoms with van der Waals surface area (Å²) in [5.41, 5.74) is 1.54. The lowest BCUT2D eigenvalue weighted by Crippen LogP contribution is -2.25. The molecule has 1 amide bonds. The smallest absolute Gasteiger partial charge is 0.410 e. The minimum absolute atomic E-state index is 0.0166. The van der Waals surface area contributed by atoms with Gasteiger partial charge in [0.25, 0.3) is 0 Å². The fourth-order valence-corrected chi connectivity index (χ4v) is 7.28. The minimum Gasteiger partial charge on any atom is -0.410 e. The van der Waals surface area contributed by atoms with Crippen molar-refractivity contribution in [3.8, 4) is 5.75 Å². The lowest BCUT2D eigenvalue weighted by molar-refractivity contribution is 0.171. The third kappa shape index (κ3) is 5.35. The highest BCUT2D eigenvalue weighted by Crippen LogP contribution is 2.59. The third-order valence-corrected chi connectivity index (χ3v) is 9.18. The number of hydrogen-bond donors (Lipinski definition) is 0. The Bertz CT molecular complexity index is 742. The Morgan fingerprint density at radius 2 is 1.62 bits per heavy atom. The van der Waals surface area contributed by atoms with Gasteiger partial charge in [-0.15, -0.1) is 0 Å². The number of aryl methyl sites for hydroxylation is 2. The highest BCUT2D eigenvalue weighted by Gasteiger charge is 2.33. The van der Waals surface area contributed by atoms with Crippen LogP contribution in [0.3, 0.4) is 0 Å². The molecule has 0 aliphatic carbocycles. The van der Waals surface area contributed by atoms with Crippen molar-refractivity contribution in [3.63, 3.8) is 0 Å². The molecule has 0 N–H and O–H groups in total. The molecular weight excluding hydrogens is 378 g/mol. The van der Waals surface area contributed by atoms with E-state index in [1.165, 1.54) is 4.90 Å². The van der Waals surface area contributed by atoms with E-state index in [0.29, 0.717) is 17.3 Å². The molecule has 0 aromatic heterocycles. The molecule has 7 nitrogen and oxygen atoms in total. The number of hydrogen-bond acceptors (Lipinski definition) is 6. The van der Waals surface area contributed by atoms with E-state index >= 15 is 0 Å². The molecule has 0 spiro atoms. The number of rotatable bonds is 8. The highest BCUT2D eigenvalue weighted by atomic mass is 32.3. The molecule has 0 aliphatic heterocycles. The van der Waals surface area contributed by atoms with Crippen LogP contribution in [-0.4, -0.2) is 51.6 Å². The largest absolute Gasteiger partial charge is 0.414 e. The number of ether oxygens (including phenoxy) is 1. The van der Waals surface area contributed by atoms with Crippen molar-refractivity contribution in [1.82, 2.24) is 4.90 Å². The van der Waals surface area contributed by atoms with E-state index in [9.17, 15) is 13.2 Å². The molecule has 0 atom stereocenters. The summed E-state index contributed by atoms with van der Waals surface area (Å²) in [5.74, 6) is 1.48. The lowest BCUT2D eigenvalue weighted by Gasteiger charge is -2.37. The Morgan fingerprint density at radius 1 is 1.04 bits per heavy atom. The molecule has 0 bridgehead atoms. The van der Waals surface area contributed by atoms with Crippen molar-refractivity contribution in [2.45, 2.75) is 39.5 Å². The van der Waals surface area contributed by atoms with Crippen LogP contribution in [0.15, 0.2) is 17.0 Å². The van der Waals surface area contributed by atoms with Gasteiger partial charge >= 0.3 is 16.5 Å². The second-order valence-corrected chi connectivity index (χ2v) is 10.7. The fraction of sp³-hybridized carbons (Fsp3) is 0.588. The average molecular weight is 408 g/mol. The minimum atomic E-state index is -4.09. The van der Waals surface area contributed by atoms with Gasteiger partial charge < -0.3 is 9.64 Å². The molecule has 0 heterocycles. The Morgan fingerprint density at radius 3 is 2.08 bits per heavy atom. The second kappa shape index (κ2) is 9.07. The molecule has 1 aromatic rings.